The third-order valence-corrected chi connectivity index (χ3v) is 2.29. The van der Waals surface area contributed by atoms with Gasteiger partial charge in [0.1, 0.15) is 6.04 Å². The zero-order valence-corrected chi connectivity index (χ0v) is 10.7. The van der Waals surface area contributed by atoms with Gasteiger partial charge in [-0.05, 0) is 26.0 Å². The highest BCUT2D eigenvalue weighted by Gasteiger charge is 2.19. The van der Waals surface area contributed by atoms with Crippen molar-refractivity contribution in [2.24, 2.45) is 0 Å². The Balaban J connectivity index is 2.42. The molecule has 0 unspecified atom stereocenters. The van der Waals surface area contributed by atoms with Crippen LogP contribution in [0.1, 0.15) is 24.4 Å². The van der Waals surface area contributed by atoms with Crippen LogP contribution in [0.25, 0.3) is 0 Å². The van der Waals surface area contributed by atoms with Gasteiger partial charge in [0, 0.05) is 13.2 Å². The smallest absolute Gasteiger partial charge is 0.287 e. The molecule has 1 aromatic heterocycles. The molecule has 0 saturated carbocycles. The molecule has 1 heterocycles. The predicted octanol–water partition coefficient (Wildman–Crippen LogP) is 0.549. The molecule has 1 aromatic rings. The van der Waals surface area contributed by atoms with Crippen molar-refractivity contribution in [3.63, 3.8) is 0 Å². The quantitative estimate of drug-likeness (QED) is 0.776. The number of furan rings is 1. The lowest BCUT2D eigenvalue weighted by atomic mass is 10.2. The molecule has 6 heteroatoms. The highest BCUT2D eigenvalue weighted by Crippen LogP contribution is 2.00. The van der Waals surface area contributed by atoms with E-state index in [-0.39, 0.29) is 17.7 Å². The summed E-state index contributed by atoms with van der Waals surface area (Å²) in [4.78, 5) is 23.3. The van der Waals surface area contributed by atoms with Gasteiger partial charge >= 0.3 is 0 Å². The number of nitrogens with one attached hydrogen (secondary N) is 2. The zero-order chi connectivity index (χ0) is 13.5. The Labute approximate surface area is 106 Å². The zero-order valence-electron chi connectivity index (χ0n) is 10.7. The molecule has 2 N–H and O–H groups in total. The summed E-state index contributed by atoms with van der Waals surface area (Å²) in [6.45, 7) is 3.85. The molecule has 6 nitrogen and oxygen atoms in total. The van der Waals surface area contributed by atoms with Gasteiger partial charge in [-0.1, -0.05) is 0 Å². The van der Waals surface area contributed by atoms with Crippen LogP contribution in [-0.4, -0.2) is 37.6 Å². The molecule has 0 spiro atoms. The van der Waals surface area contributed by atoms with Crippen LogP contribution in [0.15, 0.2) is 22.8 Å². The summed E-state index contributed by atoms with van der Waals surface area (Å²) in [5.74, 6) is -0.499. The summed E-state index contributed by atoms with van der Waals surface area (Å²) < 4.78 is 9.84. The van der Waals surface area contributed by atoms with Crippen molar-refractivity contribution in [1.29, 1.82) is 0 Å². The van der Waals surface area contributed by atoms with Crippen LogP contribution < -0.4 is 10.6 Å². The number of carbonyl (C=O) groups is 2. The van der Waals surface area contributed by atoms with Crippen molar-refractivity contribution >= 4 is 11.8 Å². The van der Waals surface area contributed by atoms with E-state index in [1.54, 1.807) is 20.1 Å². The molecule has 1 rings (SSSR count). The van der Waals surface area contributed by atoms with Gasteiger partial charge in [-0.25, -0.2) is 0 Å². The van der Waals surface area contributed by atoms with E-state index in [1.165, 1.54) is 12.3 Å². The fourth-order valence-electron chi connectivity index (χ4n) is 1.40. The Hall–Kier alpha value is -1.82. The molecule has 2 atom stereocenters. The lowest BCUT2D eigenvalue weighted by Gasteiger charge is -2.17. The van der Waals surface area contributed by atoms with Gasteiger partial charge in [0.15, 0.2) is 5.76 Å². The minimum atomic E-state index is -0.637. The number of amides is 2. The molecular formula is C12H18N2O4. The number of ether oxygens (including phenoxy) is 1. The van der Waals surface area contributed by atoms with Crippen molar-refractivity contribution in [1.82, 2.24) is 10.6 Å². The van der Waals surface area contributed by atoms with E-state index >= 15 is 0 Å². The number of rotatable bonds is 6. The maximum Gasteiger partial charge on any atom is 0.287 e. The van der Waals surface area contributed by atoms with E-state index in [1.807, 2.05) is 6.92 Å². The second kappa shape index (κ2) is 6.80. The monoisotopic (exact) mass is 254 g/mol. The predicted molar refractivity (Wildman–Crippen MR) is 65.1 cm³/mol. The molecule has 0 radical (unpaired) electrons. The minimum Gasteiger partial charge on any atom is -0.459 e. The number of hydrogen-bond acceptors (Lipinski definition) is 4. The summed E-state index contributed by atoms with van der Waals surface area (Å²) in [5, 5.41) is 5.27. The first-order valence-corrected chi connectivity index (χ1v) is 5.68. The van der Waals surface area contributed by atoms with Gasteiger partial charge in [-0.3, -0.25) is 9.59 Å². The molecule has 0 saturated heterocycles. The SMILES string of the molecule is COC[C@H](C)NC(=O)[C@@H](C)NC(=O)c1ccco1. The van der Waals surface area contributed by atoms with Crippen molar-refractivity contribution in [3.8, 4) is 0 Å². The largest absolute Gasteiger partial charge is 0.459 e. The second-order valence-corrected chi connectivity index (χ2v) is 4.04. The first kappa shape index (κ1) is 14.2. The van der Waals surface area contributed by atoms with E-state index in [0.717, 1.165) is 0 Å². The van der Waals surface area contributed by atoms with Gasteiger partial charge in [0.25, 0.3) is 5.91 Å². The van der Waals surface area contributed by atoms with Crippen LogP contribution in [-0.2, 0) is 9.53 Å². The highest BCUT2D eigenvalue weighted by atomic mass is 16.5. The first-order valence-electron chi connectivity index (χ1n) is 5.68. The molecule has 2 amide bonds. The third kappa shape index (κ3) is 4.21. The van der Waals surface area contributed by atoms with Gasteiger partial charge in [0.05, 0.1) is 12.9 Å². The Bertz CT molecular complexity index is 389. The highest BCUT2D eigenvalue weighted by molar-refractivity contribution is 5.95. The molecular weight excluding hydrogens is 236 g/mol. The summed E-state index contributed by atoms with van der Waals surface area (Å²) in [5.41, 5.74) is 0. The van der Waals surface area contributed by atoms with Crippen molar-refractivity contribution in [2.75, 3.05) is 13.7 Å². The standard InChI is InChI=1S/C12H18N2O4/c1-8(7-17-3)13-11(15)9(2)14-12(16)10-5-4-6-18-10/h4-6,8-9H,7H2,1-3H3,(H,13,15)(H,14,16)/t8-,9+/m0/s1. The van der Waals surface area contributed by atoms with E-state index in [9.17, 15) is 9.59 Å². The van der Waals surface area contributed by atoms with Crippen LogP contribution in [0.5, 0.6) is 0 Å². The average Bonchev–Trinajstić information content (AvgIpc) is 2.82. The van der Waals surface area contributed by atoms with Gasteiger partial charge in [0.2, 0.25) is 5.91 Å². The summed E-state index contributed by atoms with van der Waals surface area (Å²) in [6.07, 6.45) is 1.40. The summed E-state index contributed by atoms with van der Waals surface area (Å²) in [7, 11) is 1.56. The van der Waals surface area contributed by atoms with Crippen LogP contribution in [0.3, 0.4) is 0 Å². The number of methoxy groups -OCH3 is 1. The maximum absolute atomic E-state index is 11.7. The first-order chi connectivity index (χ1) is 8.54. The van der Waals surface area contributed by atoms with Crippen molar-refractivity contribution in [2.45, 2.75) is 25.9 Å². The van der Waals surface area contributed by atoms with Crippen LogP contribution in [0.4, 0.5) is 0 Å². The van der Waals surface area contributed by atoms with Crippen LogP contribution in [0, 0.1) is 0 Å². The Morgan fingerprint density at radius 2 is 2.11 bits per heavy atom. The Kier molecular flexibility index (Phi) is 5.38. The summed E-state index contributed by atoms with van der Waals surface area (Å²) >= 11 is 0. The second-order valence-electron chi connectivity index (χ2n) is 4.04. The molecule has 0 fully saturated rings. The molecule has 18 heavy (non-hydrogen) atoms. The number of carbonyl (C=O) groups excluding carboxylic acids is 2. The fraction of sp³-hybridized carbons (Fsp3) is 0.500. The molecule has 100 valence electrons. The topological polar surface area (TPSA) is 80.6 Å². The fourth-order valence-corrected chi connectivity index (χ4v) is 1.40. The molecule has 0 aliphatic carbocycles. The van der Waals surface area contributed by atoms with Crippen molar-refractivity contribution < 1.29 is 18.7 Å². The van der Waals surface area contributed by atoms with Gasteiger partial charge in [-0.15, -0.1) is 0 Å². The third-order valence-electron chi connectivity index (χ3n) is 2.29. The summed E-state index contributed by atoms with van der Waals surface area (Å²) in [6, 6.07) is 2.40. The van der Waals surface area contributed by atoms with E-state index in [0.29, 0.717) is 6.61 Å². The molecule has 0 aliphatic heterocycles. The maximum atomic E-state index is 11.7. The normalized spacial score (nSPS) is 13.7. The Morgan fingerprint density at radius 3 is 2.67 bits per heavy atom. The van der Waals surface area contributed by atoms with Crippen LogP contribution >= 0.6 is 0 Å². The minimum absolute atomic E-state index is 0.106. The molecule has 0 bridgehead atoms. The van der Waals surface area contributed by atoms with Gasteiger partial charge < -0.3 is 19.8 Å². The van der Waals surface area contributed by atoms with Gasteiger partial charge in [-0.2, -0.15) is 0 Å². The van der Waals surface area contributed by atoms with Crippen LogP contribution in [0.2, 0.25) is 0 Å². The van der Waals surface area contributed by atoms with E-state index in [2.05, 4.69) is 10.6 Å². The lowest BCUT2D eigenvalue weighted by molar-refractivity contribution is -0.123. The van der Waals surface area contributed by atoms with E-state index in [4.69, 9.17) is 9.15 Å². The van der Waals surface area contributed by atoms with E-state index < -0.39 is 11.9 Å². The molecule has 0 aliphatic rings. The molecule has 0 aromatic carbocycles. The number of hydrogen-bond donors (Lipinski definition) is 2. The average molecular weight is 254 g/mol. The lowest BCUT2D eigenvalue weighted by Crippen LogP contribution is -2.48. The van der Waals surface area contributed by atoms with Crippen molar-refractivity contribution in [3.05, 3.63) is 24.2 Å². The Morgan fingerprint density at radius 1 is 1.39 bits per heavy atom.